The number of aryl methyl sites for hydroxylation is 2. The smallest absolute Gasteiger partial charge is 0.201 e. The predicted octanol–water partition coefficient (Wildman–Crippen LogP) is 3.04. The molecule has 0 saturated carbocycles. The zero-order chi connectivity index (χ0) is 14.8. The van der Waals surface area contributed by atoms with Crippen LogP contribution in [-0.2, 0) is 13.1 Å². The average molecular weight is 399 g/mol. The Morgan fingerprint density at radius 3 is 2.81 bits per heavy atom. The lowest BCUT2D eigenvalue weighted by atomic mass is 10.2. The molecule has 2 aromatic heterocycles. The van der Waals surface area contributed by atoms with E-state index in [1.54, 1.807) is 18.6 Å². The Bertz CT molecular complexity index is 750. The van der Waals surface area contributed by atoms with E-state index in [0.717, 1.165) is 37.0 Å². The predicted molar refractivity (Wildman–Crippen MR) is 88.3 cm³/mol. The molecule has 0 fully saturated rings. The van der Waals surface area contributed by atoms with Crippen molar-refractivity contribution in [3.8, 4) is 0 Å². The second-order valence-electron chi connectivity index (χ2n) is 4.88. The van der Waals surface area contributed by atoms with Crippen LogP contribution in [0.15, 0.2) is 30.9 Å². The quantitative estimate of drug-likeness (QED) is 0.530. The standard InChI is InChI=1S/C14H15FIN5/c15-10-7-13-12(8-11(10)16)19-14(17)21(13)5-2-1-4-20-6-3-18-9-20/h3,6-9H,1-2,4-5H2,(H2,17,19). The van der Waals surface area contributed by atoms with E-state index in [1.165, 1.54) is 6.07 Å². The van der Waals surface area contributed by atoms with Gasteiger partial charge in [-0.1, -0.05) is 0 Å². The lowest BCUT2D eigenvalue weighted by Gasteiger charge is -2.07. The first-order valence-corrected chi connectivity index (χ1v) is 7.79. The van der Waals surface area contributed by atoms with E-state index >= 15 is 0 Å². The number of nitrogens with two attached hydrogens (primary N) is 1. The number of nitrogens with zero attached hydrogens (tertiary/aromatic N) is 4. The number of hydrogen-bond donors (Lipinski definition) is 1. The Balaban J connectivity index is 1.71. The minimum atomic E-state index is -0.234. The highest BCUT2D eigenvalue weighted by molar-refractivity contribution is 14.1. The molecule has 0 aliphatic rings. The van der Waals surface area contributed by atoms with Crippen molar-refractivity contribution in [2.75, 3.05) is 5.73 Å². The number of fused-ring (bicyclic) bond motifs is 1. The summed E-state index contributed by atoms with van der Waals surface area (Å²) in [6.07, 6.45) is 7.46. The van der Waals surface area contributed by atoms with Crippen LogP contribution in [0.3, 0.4) is 0 Å². The summed E-state index contributed by atoms with van der Waals surface area (Å²) in [4.78, 5) is 8.31. The number of benzene rings is 1. The van der Waals surface area contributed by atoms with E-state index in [0.29, 0.717) is 9.52 Å². The molecule has 0 unspecified atom stereocenters. The van der Waals surface area contributed by atoms with Crippen LogP contribution in [-0.4, -0.2) is 19.1 Å². The fraction of sp³-hybridized carbons (Fsp3) is 0.286. The first kappa shape index (κ1) is 14.3. The fourth-order valence-electron chi connectivity index (χ4n) is 2.36. The maximum atomic E-state index is 13.7. The van der Waals surface area contributed by atoms with Gasteiger partial charge < -0.3 is 14.9 Å². The number of aromatic nitrogens is 4. The number of nitrogen functional groups attached to an aromatic ring is 1. The van der Waals surface area contributed by atoms with Gasteiger partial charge in [0.15, 0.2) is 0 Å². The number of rotatable bonds is 5. The van der Waals surface area contributed by atoms with Crippen molar-refractivity contribution in [1.29, 1.82) is 0 Å². The molecule has 0 bridgehead atoms. The van der Waals surface area contributed by atoms with Gasteiger partial charge in [0.1, 0.15) is 5.82 Å². The highest BCUT2D eigenvalue weighted by Crippen LogP contribution is 2.23. The van der Waals surface area contributed by atoms with Crippen LogP contribution in [0.2, 0.25) is 0 Å². The average Bonchev–Trinajstić information content (AvgIpc) is 3.05. The van der Waals surface area contributed by atoms with E-state index in [2.05, 4.69) is 9.97 Å². The molecule has 7 heteroatoms. The lowest BCUT2D eigenvalue weighted by Crippen LogP contribution is -2.05. The third-order valence-corrected chi connectivity index (χ3v) is 4.25. The van der Waals surface area contributed by atoms with Gasteiger partial charge in [-0.05, 0) is 41.5 Å². The highest BCUT2D eigenvalue weighted by atomic mass is 127. The summed E-state index contributed by atoms with van der Waals surface area (Å²) < 4.78 is 18.2. The largest absolute Gasteiger partial charge is 0.369 e. The maximum Gasteiger partial charge on any atom is 0.201 e. The van der Waals surface area contributed by atoms with Gasteiger partial charge in [-0.15, -0.1) is 0 Å². The van der Waals surface area contributed by atoms with Crippen molar-refractivity contribution < 1.29 is 4.39 Å². The van der Waals surface area contributed by atoms with Crippen molar-refractivity contribution in [2.45, 2.75) is 25.9 Å². The zero-order valence-electron chi connectivity index (χ0n) is 11.3. The van der Waals surface area contributed by atoms with Crippen LogP contribution in [0.1, 0.15) is 12.8 Å². The van der Waals surface area contributed by atoms with Crippen LogP contribution in [0.4, 0.5) is 10.3 Å². The molecular weight excluding hydrogens is 384 g/mol. The normalized spacial score (nSPS) is 11.3. The summed E-state index contributed by atoms with van der Waals surface area (Å²) in [6.45, 7) is 1.65. The van der Waals surface area contributed by atoms with E-state index in [1.807, 2.05) is 37.9 Å². The van der Waals surface area contributed by atoms with Crippen LogP contribution in [0, 0.1) is 9.39 Å². The molecule has 2 N–H and O–H groups in total. The van der Waals surface area contributed by atoms with E-state index in [-0.39, 0.29) is 5.82 Å². The molecule has 0 amide bonds. The van der Waals surface area contributed by atoms with Crippen LogP contribution >= 0.6 is 22.6 Å². The molecule has 1 aromatic carbocycles. The topological polar surface area (TPSA) is 61.7 Å². The fourth-order valence-corrected chi connectivity index (χ4v) is 2.81. The van der Waals surface area contributed by atoms with Crippen LogP contribution in [0.5, 0.6) is 0 Å². The molecule has 3 aromatic rings. The molecule has 2 heterocycles. The van der Waals surface area contributed by atoms with E-state index in [9.17, 15) is 4.39 Å². The van der Waals surface area contributed by atoms with Crippen molar-refractivity contribution in [1.82, 2.24) is 19.1 Å². The summed E-state index contributed by atoms with van der Waals surface area (Å²) in [5, 5.41) is 0. The molecule has 0 aliphatic carbocycles. The second-order valence-corrected chi connectivity index (χ2v) is 6.05. The highest BCUT2D eigenvalue weighted by Gasteiger charge is 2.11. The molecule has 5 nitrogen and oxygen atoms in total. The Labute approximate surface area is 135 Å². The SMILES string of the molecule is Nc1nc2cc(I)c(F)cc2n1CCCCn1ccnc1. The van der Waals surface area contributed by atoms with E-state index < -0.39 is 0 Å². The Morgan fingerprint density at radius 1 is 1.24 bits per heavy atom. The molecular formula is C14H15FIN5. The Hall–Kier alpha value is -1.64. The number of hydrogen-bond acceptors (Lipinski definition) is 3. The zero-order valence-corrected chi connectivity index (χ0v) is 13.5. The molecule has 21 heavy (non-hydrogen) atoms. The molecule has 3 rings (SSSR count). The Kier molecular flexibility index (Phi) is 4.09. The van der Waals surface area contributed by atoms with Gasteiger partial charge in [-0.25, -0.2) is 14.4 Å². The molecule has 110 valence electrons. The number of halogens is 2. The van der Waals surface area contributed by atoms with E-state index in [4.69, 9.17) is 5.73 Å². The number of unbranched alkanes of at least 4 members (excludes halogenated alkanes) is 1. The molecule has 0 spiro atoms. The molecule has 0 radical (unpaired) electrons. The minimum absolute atomic E-state index is 0.234. The van der Waals surface area contributed by atoms with Gasteiger partial charge in [0.2, 0.25) is 5.95 Å². The van der Waals surface area contributed by atoms with Gasteiger partial charge in [0, 0.05) is 31.5 Å². The third kappa shape index (κ3) is 3.02. The van der Waals surface area contributed by atoms with Crippen molar-refractivity contribution in [3.05, 3.63) is 40.2 Å². The van der Waals surface area contributed by atoms with Crippen molar-refractivity contribution in [2.24, 2.45) is 0 Å². The van der Waals surface area contributed by atoms with Gasteiger partial charge in [0.05, 0.1) is 20.9 Å². The number of imidazole rings is 2. The maximum absolute atomic E-state index is 13.7. The lowest BCUT2D eigenvalue weighted by molar-refractivity contribution is 0.561. The van der Waals surface area contributed by atoms with Gasteiger partial charge in [-0.2, -0.15) is 0 Å². The van der Waals surface area contributed by atoms with Gasteiger partial charge in [-0.3, -0.25) is 0 Å². The third-order valence-electron chi connectivity index (χ3n) is 3.43. The summed E-state index contributed by atoms with van der Waals surface area (Å²) in [5.74, 6) is 0.205. The summed E-state index contributed by atoms with van der Waals surface area (Å²) in [5.41, 5.74) is 7.44. The summed E-state index contributed by atoms with van der Waals surface area (Å²) in [7, 11) is 0. The monoisotopic (exact) mass is 399 g/mol. The van der Waals surface area contributed by atoms with Crippen LogP contribution < -0.4 is 5.73 Å². The first-order chi connectivity index (χ1) is 10.1. The molecule has 0 aliphatic heterocycles. The first-order valence-electron chi connectivity index (χ1n) is 6.71. The van der Waals surface area contributed by atoms with Crippen molar-refractivity contribution in [3.63, 3.8) is 0 Å². The van der Waals surface area contributed by atoms with Crippen LogP contribution in [0.25, 0.3) is 11.0 Å². The van der Waals surface area contributed by atoms with Gasteiger partial charge in [0.25, 0.3) is 0 Å². The molecule has 0 atom stereocenters. The Morgan fingerprint density at radius 2 is 2.05 bits per heavy atom. The summed E-state index contributed by atoms with van der Waals surface area (Å²) in [6, 6.07) is 3.24. The number of anilines is 1. The van der Waals surface area contributed by atoms with Gasteiger partial charge >= 0.3 is 0 Å². The summed E-state index contributed by atoms with van der Waals surface area (Å²) >= 11 is 1.96. The minimum Gasteiger partial charge on any atom is -0.369 e. The molecule has 0 saturated heterocycles. The second kappa shape index (κ2) is 6.00. The van der Waals surface area contributed by atoms with Crippen molar-refractivity contribution >= 4 is 39.6 Å².